The van der Waals surface area contributed by atoms with E-state index in [0.717, 1.165) is 29.2 Å². The molecule has 0 aromatic heterocycles. The molecule has 0 saturated heterocycles. The van der Waals surface area contributed by atoms with Crippen LogP contribution in [-0.4, -0.2) is 35.5 Å². The van der Waals surface area contributed by atoms with Crippen LogP contribution in [0.25, 0.3) is 5.57 Å². The molecule has 0 fully saturated rings. The van der Waals surface area contributed by atoms with Crippen LogP contribution in [-0.2, 0) is 29.0 Å². The topological polar surface area (TPSA) is 66.8 Å². The molecular weight excluding hydrogens is 414 g/mol. The van der Waals surface area contributed by atoms with Crippen molar-refractivity contribution < 1.29 is 19.4 Å². The van der Waals surface area contributed by atoms with Crippen molar-refractivity contribution in [3.8, 4) is 5.75 Å². The molecule has 0 radical (unpaired) electrons. The van der Waals surface area contributed by atoms with E-state index in [4.69, 9.17) is 9.84 Å². The molecule has 3 aromatic rings. The Kier molecular flexibility index (Phi) is 8.42. The number of allylic oxidation sites excluding steroid dienone is 1. The first-order chi connectivity index (χ1) is 15.9. The van der Waals surface area contributed by atoms with E-state index in [1.807, 2.05) is 66.7 Å². The lowest BCUT2D eigenvalue weighted by atomic mass is 10.0. The van der Waals surface area contributed by atoms with Crippen molar-refractivity contribution in [2.45, 2.75) is 26.4 Å². The van der Waals surface area contributed by atoms with Crippen molar-refractivity contribution in [1.82, 2.24) is 4.90 Å². The summed E-state index contributed by atoms with van der Waals surface area (Å²) in [6.45, 7) is 2.75. The summed E-state index contributed by atoms with van der Waals surface area (Å²) in [6.07, 6.45) is 2.16. The summed E-state index contributed by atoms with van der Waals surface area (Å²) >= 11 is 0. The number of carbonyl (C=O) groups is 2. The molecule has 0 aliphatic rings. The smallest absolute Gasteiger partial charge is 0.328 e. The summed E-state index contributed by atoms with van der Waals surface area (Å²) in [7, 11) is 1.80. The maximum atomic E-state index is 12.9. The van der Waals surface area contributed by atoms with E-state index in [-0.39, 0.29) is 12.3 Å². The Hall–Kier alpha value is -3.86. The normalized spacial score (nSPS) is 11.2. The van der Waals surface area contributed by atoms with Crippen LogP contribution < -0.4 is 4.74 Å². The largest absolute Gasteiger partial charge is 0.489 e. The third-order valence-electron chi connectivity index (χ3n) is 5.37. The third kappa shape index (κ3) is 7.65. The highest BCUT2D eigenvalue weighted by Crippen LogP contribution is 2.24. The molecule has 0 spiro atoms. The summed E-state index contributed by atoms with van der Waals surface area (Å²) in [5, 5.41) is 9.14. The molecule has 5 heteroatoms. The zero-order valence-electron chi connectivity index (χ0n) is 19.0. The number of aliphatic carboxylic acids is 1. The molecule has 0 saturated carbocycles. The lowest BCUT2D eigenvalue weighted by Gasteiger charge is -2.18. The number of amides is 1. The first-order valence-electron chi connectivity index (χ1n) is 10.9. The summed E-state index contributed by atoms with van der Waals surface area (Å²) < 4.78 is 5.98. The summed E-state index contributed by atoms with van der Waals surface area (Å²) in [5.41, 5.74) is 4.31. The molecule has 0 aliphatic carbocycles. The monoisotopic (exact) mass is 443 g/mol. The Morgan fingerprint density at radius 1 is 0.909 bits per heavy atom. The van der Waals surface area contributed by atoms with E-state index in [1.165, 1.54) is 5.56 Å². The fraction of sp³-hybridized carbons (Fsp3) is 0.214. The summed E-state index contributed by atoms with van der Waals surface area (Å²) in [4.78, 5) is 25.7. The van der Waals surface area contributed by atoms with Crippen molar-refractivity contribution in [3.05, 3.63) is 107 Å². The lowest BCUT2D eigenvalue weighted by molar-refractivity contribution is -0.131. The molecule has 3 aromatic carbocycles. The number of carboxylic acids is 1. The van der Waals surface area contributed by atoms with Crippen molar-refractivity contribution >= 4 is 17.4 Å². The number of ether oxygens (including phenoxy) is 1. The Bertz CT molecular complexity index is 1110. The number of carboxylic acid groups (broad SMARTS) is 1. The van der Waals surface area contributed by atoms with Gasteiger partial charge in [0.25, 0.3) is 0 Å². The van der Waals surface area contributed by atoms with Crippen molar-refractivity contribution in [1.29, 1.82) is 0 Å². The number of likely N-dealkylation sites (N-methyl/N-ethyl adjacent to an activating group) is 1. The number of hydrogen-bond donors (Lipinski definition) is 1. The minimum absolute atomic E-state index is 0.00282. The highest BCUT2D eigenvalue weighted by Gasteiger charge is 2.13. The standard InChI is InChI=1S/C28H29NO4/c1-21(15-28(31)32)25-16-24(17-26(19-25)33-20-23-11-7-4-8-12-23)18-27(30)29(2)14-13-22-9-5-3-6-10-22/h3-12,15-17,19H,13-14,18,20H2,1-2H3,(H,31,32). The van der Waals surface area contributed by atoms with Gasteiger partial charge in [-0.25, -0.2) is 4.79 Å². The maximum absolute atomic E-state index is 12.9. The van der Waals surface area contributed by atoms with Crippen LogP contribution in [0.1, 0.15) is 29.2 Å². The molecule has 170 valence electrons. The second kappa shape index (κ2) is 11.7. The van der Waals surface area contributed by atoms with E-state index < -0.39 is 5.97 Å². The molecule has 33 heavy (non-hydrogen) atoms. The molecular formula is C28H29NO4. The van der Waals surface area contributed by atoms with Gasteiger partial charge in [-0.2, -0.15) is 0 Å². The van der Waals surface area contributed by atoms with Crippen molar-refractivity contribution in [2.24, 2.45) is 0 Å². The van der Waals surface area contributed by atoms with E-state index in [9.17, 15) is 9.59 Å². The van der Waals surface area contributed by atoms with E-state index in [0.29, 0.717) is 24.5 Å². The maximum Gasteiger partial charge on any atom is 0.328 e. The summed E-state index contributed by atoms with van der Waals surface area (Å²) in [6, 6.07) is 25.4. The molecule has 1 N–H and O–H groups in total. The highest BCUT2D eigenvalue weighted by atomic mass is 16.5. The molecule has 0 unspecified atom stereocenters. The predicted octanol–water partition coefficient (Wildman–Crippen LogP) is 5.00. The SMILES string of the molecule is CC(=CC(=O)O)c1cc(CC(=O)N(C)CCc2ccccc2)cc(OCc2ccccc2)c1. The van der Waals surface area contributed by atoms with Gasteiger partial charge in [0.2, 0.25) is 5.91 Å². The Balaban J connectivity index is 1.74. The van der Waals surface area contributed by atoms with Crippen molar-refractivity contribution in [2.75, 3.05) is 13.6 Å². The second-order valence-corrected chi connectivity index (χ2v) is 8.03. The minimum atomic E-state index is -1.01. The highest BCUT2D eigenvalue weighted by molar-refractivity contribution is 5.89. The van der Waals surface area contributed by atoms with Gasteiger partial charge in [0.15, 0.2) is 0 Å². The average Bonchev–Trinajstić information content (AvgIpc) is 2.82. The lowest BCUT2D eigenvalue weighted by Crippen LogP contribution is -2.30. The van der Waals surface area contributed by atoms with Gasteiger partial charge in [-0.3, -0.25) is 4.79 Å². The first kappa shape index (κ1) is 23.8. The quantitative estimate of drug-likeness (QED) is 0.448. The van der Waals surface area contributed by atoms with Crippen LogP contribution in [0, 0.1) is 0 Å². The minimum Gasteiger partial charge on any atom is -0.489 e. The van der Waals surface area contributed by atoms with E-state index in [2.05, 4.69) is 12.1 Å². The first-order valence-corrected chi connectivity index (χ1v) is 10.9. The van der Waals surface area contributed by atoms with Gasteiger partial charge in [-0.15, -0.1) is 0 Å². The number of nitrogens with zero attached hydrogens (tertiary/aromatic N) is 1. The molecule has 0 bridgehead atoms. The Labute approximate surface area is 194 Å². The van der Waals surface area contributed by atoms with E-state index in [1.54, 1.807) is 18.9 Å². The number of carbonyl (C=O) groups excluding carboxylic acids is 1. The predicted molar refractivity (Wildman–Crippen MR) is 130 cm³/mol. The average molecular weight is 444 g/mol. The van der Waals surface area contributed by atoms with Gasteiger partial charge in [0, 0.05) is 19.7 Å². The molecule has 0 atom stereocenters. The summed E-state index contributed by atoms with van der Waals surface area (Å²) in [5.74, 6) is -0.414. The fourth-order valence-corrected chi connectivity index (χ4v) is 3.46. The van der Waals surface area contributed by atoms with Gasteiger partial charge >= 0.3 is 5.97 Å². The molecule has 5 nitrogen and oxygen atoms in total. The molecule has 1 amide bonds. The third-order valence-corrected chi connectivity index (χ3v) is 5.37. The van der Waals surface area contributed by atoms with Gasteiger partial charge in [-0.05, 0) is 53.3 Å². The van der Waals surface area contributed by atoms with Crippen LogP contribution in [0.5, 0.6) is 5.75 Å². The van der Waals surface area contributed by atoms with Crippen LogP contribution in [0.2, 0.25) is 0 Å². The molecule has 0 heterocycles. The second-order valence-electron chi connectivity index (χ2n) is 8.03. The van der Waals surface area contributed by atoms with Crippen LogP contribution in [0.4, 0.5) is 0 Å². The van der Waals surface area contributed by atoms with Gasteiger partial charge in [-0.1, -0.05) is 66.7 Å². The Morgan fingerprint density at radius 2 is 1.55 bits per heavy atom. The van der Waals surface area contributed by atoms with Gasteiger partial charge in [0.1, 0.15) is 12.4 Å². The zero-order chi connectivity index (χ0) is 23.6. The number of hydrogen-bond acceptors (Lipinski definition) is 3. The Morgan fingerprint density at radius 3 is 2.18 bits per heavy atom. The van der Waals surface area contributed by atoms with Gasteiger partial charge < -0.3 is 14.7 Å². The van der Waals surface area contributed by atoms with Gasteiger partial charge in [0.05, 0.1) is 6.42 Å². The van der Waals surface area contributed by atoms with Crippen LogP contribution in [0.15, 0.2) is 84.9 Å². The number of rotatable bonds is 10. The van der Waals surface area contributed by atoms with Crippen LogP contribution in [0.3, 0.4) is 0 Å². The molecule has 0 aliphatic heterocycles. The van der Waals surface area contributed by atoms with Crippen molar-refractivity contribution in [3.63, 3.8) is 0 Å². The number of benzene rings is 3. The van der Waals surface area contributed by atoms with E-state index >= 15 is 0 Å². The fourth-order valence-electron chi connectivity index (χ4n) is 3.46. The molecule has 3 rings (SSSR count). The zero-order valence-corrected chi connectivity index (χ0v) is 19.0. The van der Waals surface area contributed by atoms with Crippen LogP contribution >= 0.6 is 0 Å².